The van der Waals surface area contributed by atoms with E-state index in [1.807, 2.05) is 0 Å². The Kier molecular flexibility index (Phi) is 3.64. The minimum absolute atomic E-state index is 0.366. The van der Waals surface area contributed by atoms with Gasteiger partial charge in [-0.05, 0) is 0 Å². The lowest BCUT2D eigenvalue weighted by atomic mass is 10.4. The van der Waals surface area contributed by atoms with Gasteiger partial charge >= 0.3 is 0 Å². The van der Waals surface area contributed by atoms with Crippen LogP contribution in [-0.4, -0.2) is 24.3 Å². The first kappa shape index (κ1) is 11.9. The Labute approximate surface area is 89.3 Å². The number of aromatic nitrogens is 2. The second-order valence-corrected chi connectivity index (χ2v) is 9.09. The van der Waals surface area contributed by atoms with Crippen LogP contribution in [0.5, 0.6) is 0 Å². The molecular formula is C10H14F2N2Si. The Morgan fingerprint density at radius 1 is 1.47 bits per heavy atom. The molecule has 1 heterocycles. The molecule has 0 atom stereocenters. The summed E-state index contributed by atoms with van der Waals surface area (Å²) in [7, 11) is -1.41. The van der Waals surface area contributed by atoms with Crippen molar-refractivity contribution in [3.63, 3.8) is 0 Å². The average Bonchev–Trinajstić information content (AvgIpc) is 2.46. The van der Waals surface area contributed by atoms with Crippen LogP contribution in [0.15, 0.2) is 12.4 Å². The number of nitrogens with zero attached hydrogens (tertiary/aromatic N) is 2. The molecule has 82 valence electrons. The van der Waals surface area contributed by atoms with Crippen molar-refractivity contribution in [2.75, 3.05) is 0 Å². The van der Waals surface area contributed by atoms with E-state index in [2.05, 4.69) is 36.2 Å². The lowest BCUT2D eigenvalue weighted by Crippen LogP contribution is -2.16. The van der Waals surface area contributed by atoms with Gasteiger partial charge in [0.15, 0.2) is 0 Å². The first-order valence-corrected chi connectivity index (χ1v) is 8.20. The monoisotopic (exact) mass is 228 g/mol. The molecule has 0 N–H and O–H groups in total. The zero-order chi connectivity index (χ0) is 11.5. The SMILES string of the molecule is C[Si](C)(C)C#Cc1cnn(CC(F)F)c1. The van der Waals surface area contributed by atoms with Gasteiger partial charge in [-0.1, -0.05) is 25.6 Å². The molecule has 0 saturated carbocycles. The summed E-state index contributed by atoms with van der Waals surface area (Å²) in [5.41, 5.74) is 3.86. The molecule has 2 nitrogen and oxygen atoms in total. The molecule has 0 fully saturated rings. The fraction of sp³-hybridized carbons (Fsp3) is 0.500. The second kappa shape index (κ2) is 4.58. The van der Waals surface area contributed by atoms with E-state index in [0.29, 0.717) is 5.56 Å². The number of hydrogen-bond acceptors (Lipinski definition) is 1. The molecule has 1 aromatic heterocycles. The fourth-order valence-electron chi connectivity index (χ4n) is 0.929. The van der Waals surface area contributed by atoms with Crippen LogP contribution in [0, 0.1) is 11.5 Å². The Hall–Kier alpha value is -1.15. The molecule has 0 radical (unpaired) electrons. The normalized spacial score (nSPS) is 11.3. The molecule has 0 aliphatic rings. The minimum Gasteiger partial charge on any atom is -0.266 e. The molecule has 0 amide bonds. The van der Waals surface area contributed by atoms with E-state index < -0.39 is 14.5 Å². The lowest BCUT2D eigenvalue weighted by Gasteiger charge is -2.02. The largest absolute Gasteiger partial charge is 0.266 e. The maximum Gasteiger partial charge on any atom is 0.257 e. The van der Waals surface area contributed by atoms with Crippen LogP contribution >= 0.6 is 0 Å². The van der Waals surface area contributed by atoms with Gasteiger partial charge in [0.2, 0.25) is 0 Å². The number of alkyl halides is 2. The molecule has 0 unspecified atom stereocenters. The molecule has 0 saturated heterocycles. The number of halogens is 2. The van der Waals surface area contributed by atoms with Crippen LogP contribution in [0.2, 0.25) is 19.6 Å². The van der Waals surface area contributed by atoms with Crippen LogP contribution < -0.4 is 0 Å². The Morgan fingerprint density at radius 2 is 2.13 bits per heavy atom. The Morgan fingerprint density at radius 3 is 2.67 bits per heavy atom. The average molecular weight is 228 g/mol. The lowest BCUT2D eigenvalue weighted by molar-refractivity contribution is 0.122. The van der Waals surface area contributed by atoms with Gasteiger partial charge in [-0.3, -0.25) is 4.68 Å². The van der Waals surface area contributed by atoms with Gasteiger partial charge in [-0.15, -0.1) is 5.54 Å². The summed E-state index contributed by atoms with van der Waals surface area (Å²) in [4.78, 5) is 0. The van der Waals surface area contributed by atoms with E-state index in [-0.39, 0.29) is 6.54 Å². The highest BCUT2D eigenvalue weighted by Gasteiger charge is 2.08. The maximum atomic E-state index is 12.0. The first-order valence-electron chi connectivity index (χ1n) is 4.70. The van der Waals surface area contributed by atoms with E-state index in [0.717, 1.165) is 0 Å². The molecule has 0 bridgehead atoms. The molecule has 0 aliphatic heterocycles. The first-order chi connectivity index (χ1) is 6.87. The second-order valence-electron chi connectivity index (χ2n) is 4.34. The molecule has 0 aliphatic carbocycles. The summed E-state index contributed by atoms with van der Waals surface area (Å²) in [6.07, 6.45) is 0.706. The zero-order valence-corrected chi connectivity index (χ0v) is 10.1. The quantitative estimate of drug-likeness (QED) is 0.561. The van der Waals surface area contributed by atoms with Crippen LogP contribution in [0.1, 0.15) is 5.56 Å². The van der Waals surface area contributed by atoms with Crippen molar-refractivity contribution in [1.82, 2.24) is 9.78 Å². The maximum absolute atomic E-state index is 12.0. The highest BCUT2D eigenvalue weighted by Crippen LogP contribution is 2.02. The van der Waals surface area contributed by atoms with Gasteiger partial charge < -0.3 is 0 Å². The highest BCUT2D eigenvalue weighted by molar-refractivity contribution is 6.83. The van der Waals surface area contributed by atoms with Crippen LogP contribution in [0.3, 0.4) is 0 Å². The predicted molar refractivity (Wildman–Crippen MR) is 58.5 cm³/mol. The third-order valence-corrected chi connectivity index (χ3v) is 2.42. The summed E-state index contributed by atoms with van der Waals surface area (Å²) in [6.45, 7) is 6.02. The minimum atomic E-state index is -2.37. The molecule has 1 aromatic rings. The molecular weight excluding hydrogens is 214 g/mol. The van der Waals surface area contributed by atoms with Gasteiger partial charge in [0.1, 0.15) is 14.6 Å². The third kappa shape index (κ3) is 4.75. The summed E-state index contributed by atoms with van der Waals surface area (Å²) in [6, 6.07) is 0. The Balaban J connectivity index is 2.71. The third-order valence-electron chi connectivity index (χ3n) is 1.54. The predicted octanol–water partition coefficient (Wildman–Crippen LogP) is 2.38. The van der Waals surface area contributed by atoms with Gasteiger partial charge in [0.25, 0.3) is 6.43 Å². The fourth-order valence-corrected chi connectivity index (χ4v) is 1.45. The van der Waals surface area contributed by atoms with Gasteiger partial charge in [0, 0.05) is 6.20 Å². The van der Waals surface area contributed by atoms with E-state index in [1.165, 1.54) is 10.9 Å². The highest BCUT2D eigenvalue weighted by atomic mass is 28.3. The van der Waals surface area contributed by atoms with Crippen molar-refractivity contribution in [1.29, 1.82) is 0 Å². The van der Waals surface area contributed by atoms with Gasteiger partial charge in [-0.2, -0.15) is 5.10 Å². The van der Waals surface area contributed by atoms with E-state index in [4.69, 9.17) is 0 Å². The number of hydrogen-bond donors (Lipinski definition) is 0. The zero-order valence-electron chi connectivity index (χ0n) is 9.09. The summed E-state index contributed by atoms with van der Waals surface area (Å²) in [5, 5.41) is 3.81. The van der Waals surface area contributed by atoms with Crippen molar-refractivity contribution in [2.24, 2.45) is 0 Å². The standard InChI is InChI=1S/C10H14F2N2Si/c1-15(2,3)5-4-9-6-13-14(7-9)8-10(11)12/h6-7,10H,8H2,1-3H3. The Bertz CT molecular complexity index is 382. The molecule has 0 aromatic carbocycles. The van der Waals surface area contributed by atoms with Gasteiger partial charge in [-0.25, -0.2) is 8.78 Å². The topological polar surface area (TPSA) is 17.8 Å². The molecule has 5 heteroatoms. The van der Waals surface area contributed by atoms with Gasteiger partial charge in [0.05, 0.1) is 11.8 Å². The molecule has 0 spiro atoms. The van der Waals surface area contributed by atoms with Crippen LogP contribution in [-0.2, 0) is 6.54 Å². The molecule has 1 rings (SSSR count). The molecule has 15 heavy (non-hydrogen) atoms. The smallest absolute Gasteiger partial charge is 0.257 e. The van der Waals surface area contributed by atoms with Crippen LogP contribution in [0.25, 0.3) is 0 Å². The summed E-state index contributed by atoms with van der Waals surface area (Å²) < 4.78 is 25.3. The van der Waals surface area contributed by atoms with E-state index in [9.17, 15) is 8.78 Å². The summed E-state index contributed by atoms with van der Waals surface area (Å²) >= 11 is 0. The van der Waals surface area contributed by atoms with Crippen LogP contribution in [0.4, 0.5) is 8.78 Å². The van der Waals surface area contributed by atoms with Crippen molar-refractivity contribution in [2.45, 2.75) is 32.6 Å². The van der Waals surface area contributed by atoms with E-state index >= 15 is 0 Å². The van der Waals surface area contributed by atoms with Crippen molar-refractivity contribution in [3.8, 4) is 11.5 Å². The van der Waals surface area contributed by atoms with Crippen molar-refractivity contribution in [3.05, 3.63) is 18.0 Å². The number of rotatable bonds is 2. The van der Waals surface area contributed by atoms with Crippen molar-refractivity contribution < 1.29 is 8.78 Å². The van der Waals surface area contributed by atoms with E-state index in [1.54, 1.807) is 6.20 Å². The van der Waals surface area contributed by atoms with Crippen molar-refractivity contribution >= 4 is 8.07 Å². The summed E-state index contributed by atoms with van der Waals surface area (Å²) in [5.74, 6) is 2.96.